The van der Waals surface area contributed by atoms with Crippen LogP contribution in [0.3, 0.4) is 0 Å². The minimum Gasteiger partial charge on any atom is -0.206 e. The van der Waals surface area contributed by atoms with E-state index in [1.807, 2.05) is 6.07 Å². The molecular formula is C14H9F3S. The highest BCUT2D eigenvalue weighted by Gasteiger charge is 2.20. The van der Waals surface area contributed by atoms with Gasteiger partial charge in [0, 0.05) is 16.2 Å². The zero-order valence-electron chi connectivity index (χ0n) is 9.34. The van der Waals surface area contributed by atoms with Gasteiger partial charge >= 0.3 is 0 Å². The molecule has 0 N–H and O–H groups in total. The summed E-state index contributed by atoms with van der Waals surface area (Å²) in [5.41, 5.74) is 1.89. The van der Waals surface area contributed by atoms with Crippen molar-refractivity contribution in [3.8, 4) is 0 Å². The summed E-state index contributed by atoms with van der Waals surface area (Å²) in [7, 11) is 0. The van der Waals surface area contributed by atoms with Crippen LogP contribution in [-0.2, 0) is 12.2 Å². The molecule has 0 aromatic heterocycles. The molecule has 0 nitrogen and oxygen atoms in total. The van der Waals surface area contributed by atoms with E-state index < -0.39 is 11.6 Å². The molecule has 1 aliphatic heterocycles. The van der Waals surface area contributed by atoms with Gasteiger partial charge in [-0.2, -0.15) is 0 Å². The topological polar surface area (TPSA) is 0 Å². The van der Waals surface area contributed by atoms with E-state index in [0.717, 1.165) is 17.2 Å². The van der Waals surface area contributed by atoms with Gasteiger partial charge in [-0.15, -0.1) is 11.8 Å². The monoisotopic (exact) mass is 266 g/mol. The van der Waals surface area contributed by atoms with Gasteiger partial charge in [0.2, 0.25) is 0 Å². The normalized spacial score (nSPS) is 13.7. The van der Waals surface area contributed by atoms with Gasteiger partial charge in [-0.3, -0.25) is 0 Å². The Morgan fingerprint density at radius 2 is 1.72 bits per heavy atom. The van der Waals surface area contributed by atoms with Crippen LogP contribution in [0.15, 0.2) is 35.2 Å². The molecule has 1 aliphatic rings. The minimum absolute atomic E-state index is 0.257. The van der Waals surface area contributed by atoms with Gasteiger partial charge in [-0.05, 0) is 29.7 Å². The Balaban J connectivity index is 2.14. The average Bonchev–Trinajstić information content (AvgIpc) is 2.54. The Bertz CT molecular complexity index is 623. The van der Waals surface area contributed by atoms with Crippen molar-refractivity contribution in [1.82, 2.24) is 0 Å². The van der Waals surface area contributed by atoms with Crippen LogP contribution in [0.25, 0.3) is 0 Å². The van der Waals surface area contributed by atoms with Gasteiger partial charge in [0.25, 0.3) is 0 Å². The van der Waals surface area contributed by atoms with Crippen LogP contribution in [0, 0.1) is 17.5 Å². The molecule has 0 atom stereocenters. The van der Waals surface area contributed by atoms with Crippen molar-refractivity contribution in [1.29, 1.82) is 0 Å². The second-order valence-corrected chi connectivity index (χ2v) is 5.18. The van der Waals surface area contributed by atoms with Crippen molar-refractivity contribution in [3.63, 3.8) is 0 Å². The fourth-order valence-electron chi connectivity index (χ4n) is 2.16. The summed E-state index contributed by atoms with van der Waals surface area (Å²) in [6.07, 6.45) is 0.437. The lowest BCUT2D eigenvalue weighted by molar-refractivity contribution is 0.501. The molecule has 0 fully saturated rings. The van der Waals surface area contributed by atoms with E-state index in [-0.39, 0.29) is 11.6 Å². The molecular weight excluding hydrogens is 257 g/mol. The first-order chi connectivity index (χ1) is 8.66. The first-order valence-corrected chi connectivity index (χ1v) is 6.51. The first kappa shape index (κ1) is 11.7. The molecule has 0 radical (unpaired) electrons. The fourth-order valence-corrected chi connectivity index (χ4v) is 3.29. The summed E-state index contributed by atoms with van der Waals surface area (Å²) in [5.74, 6) is -1.70. The molecule has 2 aromatic carbocycles. The van der Waals surface area contributed by atoms with Crippen LogP contribution in [-0.4, -0.2) is 0 Å². The van der Waals surface area contributed by atoms with Crippen molar-refractivity contribution in [2.24, 2.45) is 0 Å². The van der Waals surface area contributed by atoms with Gasteiger partial charge < -0.3 is 0 Å². The number of fused-ring (bicyclic) bond motifs is 2. The molecule has 3 rings (SSSR count). The number of benzene rings is 2. The number of hydrogen-bond acceptors (Lipinski definition) is 1. The van der Waals surface area contributed by atoms with Gasteiger partial charge in [-0.25, -0.2) is 13.2 Å². The predicted octanol–water partition coefficient (Wildman–Crippen LogP) is 4.30. The number of thioether (sulfide) groups is 1. The Morgan fingerprint density at radius 1 is 0.889 bits per heavy atom. The van der Waals surface area contributed by atoms with E-state index in [2.05, 4.69) is 0 Å². The van der Waals surface area contributed by atoms with E-state index in [0.29, 0.717) is 16.9 Å². The zero-order valence-corrected chi connectivity index (χ0v) is 10.2. The molecule has 92 valence electrons. The van der Waals surface area contributed by atoms with Crippen molar-refractivity contribution >= 4 is 11.8 Å². The van der Waals surface area contributed by atoms with Gasteiger partial charge in [-0.1, -0.05) is 18.2 Å². The molecule has 0 bridgehead atoms. The van der Waals surface area contributed by atoms with E-state index in [9.17, 15) is 13.2 Å². The molecule has 2 aromatic rings. The molecule has 0 saturated carbocycles. The van der Waals surface area contributed by atoms with Gasteiger partial charge in [0.1, 0.15) is 5.82 Å². The number of rotatable bonds is 0. The highest BCUT2D eigenvalue weighted by Crippen LogP contribution is 2.36. The standard InChI is InChI=1S/C14H9F3S/c15-11-5-4-8-6-9-2-1-3-12(16)14(9)18-7-10(8)13(11)17/h1-5H,6-7H2. The molecule has 0 aliphatic carbocycles. The Labute approximate surface area is 107 Å². The van der Waals surface area contributed by atoms with Crippen LogP contribution in [0.2, 0.25) is 0 Å². The summed E-state index contributed by atoms with van der Waals surface area (Å²) < 4.78 is 40.6. The fraction of sp³-hybridized carbons (Fsp3) is 0.143. The Morgan fingerprint density at radius 3 is 2.56 bits per heavy atom. The maximum atomic E-state index is 13.7. The van der Waals surface area contributed by atoms with Crippen LogP contribution in [0.1, 0.15) is 16.7 Å². The van der Waals surface area contributed by atoms with Gasteiger partial charge in [0.05, 0.1) is 0 Å². The Kier molecular flexibility index (Phi) is 2.82. The quantitative estimate of drug-likeness (QED) is 0.685. The second kappa shape index (κ2) is 4.35. The van der Waals surface area contributed by atoms with Crippen LogP contribution in [0.4, 0.5) is 13.2 Å². The highest BCUT2D eigenvalue weighted by molar-refractivity contribution is 7.98. The summed E-state index contributed by atoms with van der Waals surface area (Å²) in [6, 6.07) is 7.55. The average molecular weight is 266 g/mol. The lowest BCUT2D eigenvalue weighted by Gasteiger charge is -2.06. The molecule has 0 saturated heterocycles. The van der Waals surface area contributed by atoms with Crippen LogP contribution in [0.5, 0.6) is 0 Å². The lowest BCUT2D eigenvalue weighted by atomic mass is 10.00. The first-order valence-electron chi connectivity index (χ1n) is 5.53. The molecule has 0 spiro atoms. The zero-order chi connectivity index (χ0) is 12.7. The maximum absolute atomic E-state index is 13.7. The highest BCUT2D eigenvalue weighted by atomic mass is 32.2. The van der Waals surface area contributed by atoms with Crippen molar-refractivity contribution in [3.05, 3.63) is 64.5 Å². The van der Waals surface area contributed by atoms with E-state index >= 15 is 0 Å². The summed E-state index contributed by atoms with van der Waals surface area (Å²) >= 11 is 1.22. The summed E-state index contributed by atoms with van der Waals surface area (Å²) in [4.78, 5) is 0.536. The molecule has 0 amide bonds. The van der Waals surface area contributed by atoms with E-state index in [1.165, 1.54) is 17.8 Å². The third kappa shape index (κ3) is 1.81. The SMILES string of the molecule is Fc1ccc2c(c1F)CSc1c(F)cccc1C2. The van der Waals surface area contributed by atoms with Crippen LogP contribution < -0.4 is 0 Å². The lowest BCUT2D eigenvalue weighted by Crippen LogP contribution is -1.98. The summed E-state index contributed by atoms with van der Waals surface area (Å²) in [5, 5.41) is 0. The van der Waals surface area contributed by atoms with Crippen LogP contribution >= 0.6 is 11.8 Å². The van der Waals surface area contributed by atoms with Crippen molar-refractivity contribution in [2.75, 3.05) is 0 Å². The molecule has 0 unspecified atom stereocenters. The smallest absolute Gasteiger partial charge is 0.163 e. The number of hydrogen-bond donors (Lipinski definition) is 0. The predicted molar refractivity (Wildman–Crippen MR) is 65.1 cm³/mol. The minimum atomic E-state index is -0.847. The van der Waals surface area contributed by atoms with Crippen molar-refractivity contribution < 1.29 is 13.2 Å². The third-order valence-corrected chi connectivity index (χ3v) is 4.26. The summed E-state index contributed by atoms with van der Waals surface area (Å²) in [6.45, 7) is 0. The molecule has 4 heteroatoms. The molecule has 18 heavy (non-hydrogen) atoms. The van der Waals surface area contributed by atoms with E-state index in [1.54, 1.807) is 12.1 Å². The van der Waals surface area contributed by atoms with Crippen molar-refractivity contribution in [2.45, 2.75) is 17.1 Å². The van der Waals surface area contributed by atoms with E-state index in [4.69, 9.17) is 0 Å². The third-order valence-electron chi connectivity index (χ3n) is 3.08. The Hall–Kier alpha value is -1.42. The van der Waals surface area contributed by atoms with Gasteiger partial charge in [0.15, 0.2) is 11.6 Å². The largest absolute Gasteiger partial charge is 0.206 e. The second-order valence-electron chi connectivity index (χ2n) is 4.19. The maximum Gasteiger partial charge on any atom is 0.163 e. The molecule has 1 heterocycles. The number of halogens is 3.